The molecular weight excluding hydrogens is 272 g/mol. The summed E-state index contributed by atoms with van der Waals surface area (Å²) in [7, 11) is 0. The Kier molecular flexibility index (Phi) is 5.61. The molecule has 4 nitrogen and oxygen atoms in total. The second-order valence-electron chi connectivity index (χ2n) is 6.71. The molecule has 0 bridgehead atoms. The Bertz CT molecular complexity index is 328. The highest BCUT2D eigenvalue weighted by molar-refractivity contribution is 7.99. The number of thioether (sulfide) groups is 1. The summed E-state index contributed by atoms with van der Waals surface area (Å²) >= 11 is 2.06. The van der Waals surface area contributed by atoms with E-state index in [4.69, 9.17) is 4.74 Å². The SMILES string of the molecule is CCOC(=O)N1CCC(NC2CSCC(C)(C)C2)CC1. The lowest BCUT2D eigenvalue weighted by Crippen LogP contribution is -2.50. The van der Waals surface area contributed by atoms with Gasteiger partial charge in [0.2, 0.25) is 0 Å². The average Bonchev–Trinajstić information content (AvgIpc) is 2.38. The van der Waals surface area contributed by atoms with Crippen LogP contribution in [-0.2, 0) is 4.74 Å². The van der Waals surface area contributed by atoms with Crippen molar-refractivity contribution in [3.05, 3.63) is 0 Å². The highest BCUT2D eigenvalue weighted by Crippen LogP contribution is 2.33. The molecule has 0 radical (unpaired) electrons. The first kappa shape index (κ1) is 16.0. The zero-order valence-corrected chi connectivity index (χ0v) is 13.8. The van der Waals surface area contributed by atoms with E-state index in [9.17, 15) is 4.79 Å². The number of amides is 1. The molecule has 0 aromatic carbocycles. The van der Waals surface area contributed by atoms with Gasteiger partial charge in [-0.1, -0.05) is 13.8 Å². The van der Waals surface area contributed by atoms with Crippen LogP contribution in [0, 0.1) is 5.41 Å². The van der Waals surface area contributed by atoms with E-state index in [0.29, 0.717) is 24.1 Å². The molecule has 5 heteroatoms. The van der Waals surface area contributed by atoms with Gasteiger partial charge in [0.1, 0.15) is 0 Å². The van der Waals surface area contributed by atoms with Crippen LogP contribution >= 0.6 is 11.8 Å². The first-order chi connectivity index (χ1) is 9.50. The quantitative estimate of drug-likeness (QED) is 0.870. The molecule has 2 rings (SSSR count). The van der Waals surface area contributed by atoms with E-state index < -0.39 is 0 Å². The third-order valence-electron chi connectivity index (χ3n) is 4.10. The molecule has 1 atom stereocenters. The maximum absolute atomic E-state index is 11.7. The zero-order chi connectivity index (χ0) is 14.6. The van der Waals surface area contributed by atoms with Crippen LogP contribution in [0.3, 0.4) is 0 Å². The second-order valence-corrected chi connectivity index (χ2v) is 7.74. The van der Waals surface area contributed by atoms with Crippen molar-refractivity contribution in [1.29, 1.82) is 0 Å². The summed E-state index contributed by atoms with van der Waals surface area (Å²) in [6.45, 7) is 8.67. The first-order valence-electron chi connectivity index (χ1n) is 7.75. The van der Waals surface area contributed by atoms with Crippen molar-refractivity contribution in [2.75, 3.05) is 31.2 Å². The Labute approximate surface area is 127 Å². The highest BCUT2D eigenvalue weighted by Gasteiger charge is 2.31. The van der Waals surface area contributed by atoms with Gasteiger partial charge in [0, 0.05) is 30.9 Å². The van der Waals surface area contributed by atoms with Gasteiger partial charge in [0.25, 0.3) is 0 Å². The summed E-state index contributed by atoms with van der Waals surface area (Å²) in [5.41, 5.74) is 0.451. The van der Waals surface area contributed by atoms with Crippen molar-refractivity contribution in [2.24, 2.45) is 5.41 Å². The fourth-order valence-corrected chi connectivity index (χ4v) is 4.43. The molecule has 0 aromatic heterocycles. The van der Waals surface area contributed by atoms with Crippen molar-refractivity contribution in [1.82, 2.24) is 10.2 Å². The molecule has 1 unspecified atom stereocenters. The molecule has 0 spiro atoms. The number of piperidine rings is 1. The van der Waals surface area contributed by atoms with Crippen LogP contribution in [0.25, 0.3) is 0 Å². The van der Waals surface area contributed by atoms with Crippen molar-refractivity contribution in [2.45, 2.75) is 52.1 Å². The van der Waals surface area contributed by atoms with Gasteiger partial charge in [-0.25, -0.2) is 4.79 Å². The number of hydrogen-bond donors (Lipinski definition) is 1. The number of likely N-dealkylation sites (tertiary alicyclic amines) is 1. The van der Waals surface area contributed by atoms with E-state index in [1.54, 1.807) is 0 Å². The van der Waals surface area contributed by atoms with E-state index in [2.05, 4.69) is 30.9 Å². The topological polar surface area (TPSA) is 41.6 Å². The zero-order valence-electron chi connectivity index (χ0n) is 13.0. The Morgan fingerprint density at radius 2 is 2.05 bits per heavy atom. The Balaban J connectivity index is 1.73. The molecule has 2 heterocycles. The van der Waals surface area contributed by atoms with Crippen LogP contribution in [0.5, 0.6) is 0 Å². The van der Waals surface area contributed by atoms with Gasteiger partial charge in [-0.05, 0) is 37.4 Å². The molecule has 2 aliphatic heterocycles. The first-order valence-corrected chi connectivity index (χ1v) is 8.91. The molecular formula is C15H28N2O2S. The number of nitrogens with zero attached hydrogens (tertiary/aromatic N) is 1. The Hall–Kier alpha value is -0.420. The normalized spacial score (nSPS) is 27.4. The number of carbonyl (C=O) groups is 1. The van der Waals surface area contributed by atoms with E-state index in [-0.39, 0.29) is 6.09 Å². The lowest BCUT2D eigenvalue weighted by atomic mass is 9.87. The Morgan fingerprint density at radius 1 is 1.35 bits per heavy atom. The van der Waals surface area contributed by atoms with Crippen LogP contribution in [-0.4, -0.2) is 54.3 Å². The number of hydrogen-bond acceptors (Lipinski definition) is 4. The van der Waals surface area contributed by atoms with Crippen LogP contribution in [0.4, 0.5) is 4.79 Å². The van der Waals surface area contributed by atoms with Crippen LogP contribution in [0.2, 0.25) is 0 Å². The van der Waals surface area contributed by atoms with Gasteiger partial charge in [0.15, 0.2) is 0 Å². The van der Waals surface area contributed by atoms with Crippen molar-refractivity contribution < 1.29 is 9.53 Å². The third kappa shape index (κ3) is 4.55. The number of carbonyl (C=O) groups excluding carboxylic acids is 1. The lowest BCUT2D eigenvalue weighted by Gasteiger charge is -2.39. The van der Waals surface area contributed by atoms with E-state index >= 15 is 0 Å². The summed E-state index contributed by atoms with van der Waals surface area (Å²) in [4.78, 5) is 13.5. The fourth-order valence-electron chi connectivity index (χ4n) is 3.15. The van der Waals surface area contributed by atoms with Crippen LogP contribution in [0.1, 0.15) is 40.0 Å². The molecule has 0 aromatic rings. The molecule has 20 heavy (non-hydrogen) atoms. The predicted molar refractivity (Wildman–Crippen MR) is 84.3 cm³/mol. The fraction of sp³-hybridized carbons (Fsp3) is 0.933. The molecule has 2 fully saturated rings. The van der Waals surface area contributed by atoms with Gasteiger partial charge in [0.05, 0.1) is 6.61 Å². The number of rotatable bonds is 3. The third-order valence-corrected chi connectivity index (χ3v) is 5.73. The average molecular weight is 300 g/mol. The minimum Gasteiger partial charge on any atom is -0.450 e. The molecule has 2 saturated heterocycles. The van der Waals surface area contributed by atoms with E-state index in [1.807, 2.05) is 11.8 Å². The monoisotopic (exact) mass is 300 g/mol. The lowest BCUT2D eigenvalue weighted by molar-refractivity contribution is 0.0938. The maximum Gasteiger partial charge on any atom is 0.409 e. The van der Waals surface area contributed by atoms with Gasteiger partial charge < -0.3 is 15.0 Å². The molecule has 1 amide bonds. The molecule has 116 valence electrons. The summed E-state index contributed by atoms with van der Waals surface area (Å²) in [6, 6.07) is 1.18. The summed E-state index contributed by atoms with van der Waals surface area (Å²) < 4.78 is 5.06. The Morgan fingerprint density at radius 3 is 2.65 bits per heavy atom. The van der Waals surface area contributed by atoms with Gasteiger partial charge >= 0.3 is 6.09 Å². The van der Waals surface area contributed by atoms with Crippen LogP contribution in [0.15, 0.2) is 0 Å². The minimum absolute atomic E-state index is 0.152. The molecule has 2 aliphatic rings. The summed E-state index contributed by atoms with van der Waals surface area (Å²) in [5.74, 6) is 2.49. The van der Waals surface area contributed by atoms with Crippen molar-refractivity contribution >= 4 is 17.9 Å². The number of ether oxygens (including phenoxy) is 1. The van der Waals surface area contributed by atoms with Gasteiger partial charge in [-0.3, -0.25) is 0 Å². The molecule has 0 saturated carbocycles. The predicted octanol–water partition coefficient (Wildman–Crippen LogP) is 2.73. The minimum atomic E-state index is -0.152. The second kappa shape index (κ2) is 7.03. The number of nitrogens with one attached hydrogen (secondary N) is 1. The largest absolute Gasteiger partial charge is 0.450 e. The molecule has 1 N–H and O–H groups in total. The highest BCUT2D eigenvalue weighted by atomic mass is 32.2. The maximum atomic E-state index is 11.7. The van der Waals surface area contributed by atoms with E-state index in [1.165, 1.54) is 17.9 Å². The van der Waals surface area contributed by atoms with Gasteiger partial charge in [-0.15, -0.1) is 0 Å². The summed E-state index contributed by atoms with van der Waals surface area (Å²) in [6.07, 6.45) is 3.19. The smallest absolute Gasteiger partial charge is 0.409 e. The molecule has 0 aliphatic carbocycles. The van der Waals surface area contributed by atoms with Crippen molar-refractivity contribution in [3.8, 4) is 0 Å². The summed E-state index contributed by atoms with van der Waals surface area (Å²) in [5, 5.41) is 3.81. The van der Waals surface area contributed by atoms with Crippen LogP contribution < -0.4 is 5.32 Å². The van der Waals surface area contributed by atoms with Gasteiger partial charge in [-0.2, -0.15) is 11.8 Å². The van der Waals surface area contributed by atoms with E-state index in [0.717, 1.165) is 25.9 Å². The van der Waals surface area contributed by atoms with Crippen molar-refractivity contribution in [3.63, 3.8) is 0 Å². The standard InChI is InChI=1S/C15H28N2O2S/c1-4-19-14(18)17-7-5-12(6-8-17)16-13-9-15(2,3)11-20-10-13/h12-13,16H,4-11H2,1-3H3.